The molecular weight excluding hydrogens is 376 g/mol. The Labute approximate surface area is 181 Å². The zero-order chi connectivity index (χ0) is 22.4. The molecule has 3 heteroatoms. The standard InChI is InChI=1S/C26H38O2S/c1-23(2,3)19-13-11-17(15-21(19)27)25(7,8)29-26(9,10)18-12-14-20(22(28)16-18)24(4,5)6/h11-16,27-28H,1-10H3. The van der Waals surface area contributed by atoms with Gasteiger partial charge in [-0.25, -0.2) is 0 Å². The number of rotatable bonds is 4. The lowest BCUT2D eigenvalue weighted by Crippen LogP contribution is -2.23. The van der Waals surface area contributed by atoms with Crippen LogP contribution in [0.3, 0.4) is 0 Å². The van der Waals surface area contributed by atoms with Gasteiger partial charge in [-0.15, -0.1) is 11.8 Å². The van der Waals surface area contributed by atoms with E-state index >= 15 is 0 Å². The van der Waals surface area contributed by atoms with Crippen molar-refractivity contribution in [2.24, 2.45) is 0 Å². The molecule has 0 aliphatic carbocycles. The molecule has 0 fully saturated rings. The number of benzene rings is 2. The Balaban J connectivity index is 2.36. The monoisotopic (exact) mass is 414 g/mol. The molecule has 0 aromatic heterocycles. The molecule has 2 nitrogen and oxygen atoms in total. The van der Waals surface area contributed by atoms with Gasteiger partial charge >= 0.3 is 0 Å². The highest BCUT2D eigenvalue weighted by molar-refractivity contribution is 8.01. The summed E-state index contributed by atoms with van der Waals surface area (Å²) in [6.07, 6.45) is 0. The Morgan fingerprint density at radius 1 is 0.552 bits per heavy atom. The first kappa shape index (κ1) is 23.7. The van der Waals surface area contributed by atoms with Crippen LogP contribution in [-0.4, -0.2) is 10.2 Å². The molecule has 0 unspecified atom stereocenters. The lowest BCUT2D eigenvalue weighted by molar-refractivity contribution is 0.445. The van der Waals surface area contributed by atoms with E-state index in [1.165, 1.54) is 0 Å². The highest BCUT2D eigenvalue weighted by Crippen LogP contribution is 2.50. The number of hydrogen-bond acceptors (Lipinski definition) is 3. The maximum Gasteiger partial charge on any atom is 0.119 e. The Morgan fingerprint density at radius 2 is 0.862 bits per heavy atom. The third kappa shape index (κ3) is 5.31. The molecule has 2 aromatic carbocycles. The van der Waals surface area contributed by atoms with Crippen LogP contribution in [0.15, 0.2) is 36.4 Å². The Kier molecular flexibility index (Phi) is 6.18. The van der Waals surface area contributed by atoms with Gasteiger partial charge in [-0.2, -0.15) is 0 Å². The normalized spacial score (nSPS) is 13.6. The second-order valence-electron chi connectivity index (χ2n) is 11.1. The predicted octanol–water partition coefficient (Wildman–Crippen LogP) is 7.60. The molecule has 2 N–H and O–H groups in total. The van der Waals surface area contributed by atoms with Crippen molar-refractivity contribution >= 4 is 11.8 Å². The maximum atomic E-state index is 10.6. The van der Waals surface area contributed by atoms with Crippen molar-refractivity contribution in [2.75, 3.05) is 0 Å². The summed E-state index contributed by atoms with van der Waals surface area (Å²) in [5.41, 5.74) is 3.93. The number of aromatic hydroxyl groups is 2. The van der Waals surface area contributed by atoms with Crippen LogP contribution in [0.2, 0.25) is 0 Å². The first-order valence-electron chi connectivity index (χ1n) is 10.3. The van der Waals surface area contributed by atoms with Gasteiger partial charge in [0.1, 0.15) is 11.5 Å². The van der Waals surface area contributed by atoms with E-state index in [1.54, 1.807) is 0 Å². The van der Waals surface area contributed by atoms with Gasteiger partial charge in [0, 0.05) is 9.49 Å². The van der Waals surface area contributed by atoms with Crippen molar-refractivity contribution in [3.63, 3.8) is 0 Å². The number of hydrogen-bond donors (Lipinski definition) is 2. The molecule has 0 spiro atoms. The molecule has 0 aliphatic heterocycles. The van der Waals surface area contributed by atoms with Gasteiger partial charge in [-0.1, -0.05) is 65.8 Å². The van der Waals surface area contributed by atoms with Gasteiger partial charge in [0.25, 0.3) is 0 Å². The summed E-state index contributed by atoms with van der Waals surface area (Å²) in [5.74, 6) is 0.710. The number of thioether (sulfide) groups is 1. The molecule has 0 heterocycles. The van der Waals surface area contributed by atoms with Crippen LogP contribution >= 0.6 is 11.8 Å². The van der Waals surface area contributed by atoms with E-state index in [2.05, 4.69) is 81.4 Å². The fourth-order valence-electron chi connectivity index (χ4n) is 3.84. The van der Waals surface area contributed by atoms with Gasteiger partial charge in [0.15, 0.2) is 0 Å². The summed E-state index contributed by atoms with van der Waals surface area (Å²) in [5, 5.41) is 21.2. The second-order valence-corrected chi connectivity index (χ2v) is 13.3. The van der Waals surface area contributed by atoms with Crippen molar-refractivity contribution in [1.82, 2.24) is 0 Å². The van der Waals surface area contributed by atoms with E-state index in [1.807, 2.05) is 36.0 Å². The van der Waals surface area contributed by atoms with Gasteiger partial charge < -0.3 is 10.2 Å². The molecule has 2 aromatic rings. The lowest BCUT2D eigenvalue weighted by Gasteiger charge is -2.36. The minimum atomic E-state index is -0.213. The average molecular weight is 415 g/mol. The third-order valence-corrected chi connectivity index (χ3v) is 7.00. The van der Waals surface area contributed by atoms with Gasteiger partial charge in [0.05, 0.1) is 0 Å². The van der Waals surface area contributed by atoms with Crippen molar-refractivity contribution in [3.8, 4) is 11.5 Å². The first-order chi connectivity index (χ1) is 12.9. The van der Waals surface area contributed by atoms with E-state index in [-0.39, 0.29) is 20.3 Å². The molecule has 0 radical (unpaired) electrons. The Morgan fingerprint density at radius 3 is 1.10 bits per heavy atom. The van der Waals surface area contributed by atoms with Gasteiger partial charge in [-0.05, 0) is 72.9 Å². The molecule has 160 valence electrons. The van der Waals surface area contributed by atoms with Gasteiger partial charge in [-0.3, -0.25) is 0 Å². The minimum Gasteiger partial charge on any atom is -0.508 e. The maximum absolute atomic E-state index is 10.6. The average Bonchev–Trinajstić information content (AvgIpc) is 2.51. The zero-order valence-electron chi connectivity index (χ0n) is 19.8. The van der Waals surface area contributed by atoms with E-state index < -0.39 is 0 Å². The summed E-state index contributed by atoms with van der Waals surface area (Å²) >= 11 is 1.83. The van der Waals surface area contributed by atoms with Crippen molar-refractivity contribution < 1.29 is 10.2 Å². The van der Waals surface area contributed by atoms with E-state index in [9.17, 15) is 10.2 Å². The van der Waals surface area contributed by atoms with Crippen molar-refractivity contribution in [1.29, 1.82) is 0 Å². The highest BCUT2D eigenvalue weighted by Gasteiger charge is 2.34. The molecule has 0 saturated heterocycles. The smallest absolute Gasteiger partial charge is 0.119 e. The quantitative estimate of drug-likeness (QED) is 0.541. The fraction of sp³-hybridized carbons (Fsp3) is 0.538. The molecular formula is C26H38O2S. The van der Waals surface area contributed by atoms with E-state index in [4.69, 9.17) is 0 Å². The Hall–Kier alpha value is -1.61. The highest BCUT2D eigenvalue weighted by atomic mass is 32.2. The van der Waals surface area contributed by atoms with Crippen molar-refractivity contribution in [2.45, 2.75) is 89.6 Å². The summed E-state index contributed by atoms with van der Waals surface area (Å²) < 4.78 is -0.425. The van der Waals surface area contributed by atoms with Crippen LogP contribution in [0.4, 0.5) is 0 Å². The van der Waals surface area contributed by atoms with E-state index in [0.717, 1.165) is 22.3 Å². The predicted molar refractivity (Wildman–Crippen MR) is 127 cm³/mol. The van der Waals surface area contributed by atoms with Crippen LogP contribution in [0, 0.1) is 0 Å². The van der Waals surface area contributed by atoms with Crippen LogP contribution < -0.4 is 0 Å². The first-order valence-corrected chi connectivity index (χ1v) is 11.1. The number of phenolic OH excluding ortho intramolecular Hbond substituents is 2. The number of phenols is 2. The lowest BCUT2D eigenvalue weighted by atomic mass is 9.85. The summed E-state index contributed by atoms with van der Waals surface area (Å²) in [4.78, 5) is 0. The molecule has 0 atom stereocenters. The third-order valence-electron chi connectivity index (χ3n) is 5.51. The van der Waals surface area contributed by atoms with Gasteiger partial charge in [0.2, 0.25) is 0 Å². The van der Waals surface area contributed by atoms with Crippen molar-refractivity contribution in [3.05, 3.63) is 58.7 Å². The zero-order valence-corrected chi connectivity index (χ0v) is 20.6. The SMILES string of the molecule is CC(C)(C)c1ccc(C(C)(C)SC(C)(C)c2ccc(C(C)(C)C)c(O)c2)cc1O. The van der Waals surface area contributed by atoms with Crippen LogP contribution in [0.5, 0.6) is 11.5 Å². The van der Waals surface area contributed by atoms with Crippen LogP contribution in [-0.2, 0) is 20.3 Å². The van der Waals surface area contributed by atoms with Crippen LogP contribution in [0.1, 0.15) is 91.5 Å². The summed E-state index contributed by atoms with van der Waals surface area (Å²) in [7, 11) is 0. The molecule has 0 aliphatic rings. The summed E-state index contributed by atoms with van der Waals surface area (Å²) in [6.45, 7) is 21.4. The largest absolute Gasteiger partial charge is 0.508 e. The molecule has 0 bridgehead atoms. The fourth-order valence-corrected chi connectivity index (χ4v) is 5.60. The second kappa shape index (κ2) is 7.58. The molecule has 29 heavy (non-hydrogen) atoms. The summed E-state index contributed by atoms with van der Waals surface area (Å²) in [6, 6.07) is 12.2. The minimum absolute atomic E-state index is 0.0918. The molecule has 0 amide bonds. The Bertz CT molecular complexity index is 807. The molecule has 2 rings (SSSR count). The topological polar surface area (TPSA) is 40.5 Å². The van der Waals surface area contributed by atoms with Crippen LogP contribution in [0.25, 0.3) is 0 Å². The van der Waals surface area contributed by atoms with E-state index in [0.29, 0.717) is 11.5 Å². The molecule has 0 saturated carbocycles.